The zero-order valence-corrected chi connectivity index (χ0v) is 17.0. The summed E-state index contributed by atoms with van der Waals surface area (Å²) in [6.45, 7) is 2.53. The number of rotatable bonds is 4. The smallest absolute Gasteiger partial charge is 0.255 e. The Labute approximate surface area is 170 Å². The van der Waals surface area contributed by atoms with Crippen molar-refractivity contribution in [3.05, 3.63) is 28.8 Å². The third kappa shape index (κ3) is 5.78. The molecule has 0 saturated carbocycles. The largest absolute Gasteiger partial charge is 0.339 e. The van der Waals surface area contributed by atoms with Crippen molar-refractivity contribution < 1.29 is 9.59 Å². The molecule has 3 rings (SSSR count). The van der Waals surface area contributed by atoms with E-state index in [0.717, 1.165) is 44.0 Å². The summed E-state index contributed by atoms with van der Waals surface area (Å²) in [5.74, 6) is 2.00. The molecule has 2 fully saturated rings. The van der Waals surface area contributed by atoms with E-state index in [-0.39, 0.29) is 30.3 Å². The monoisotopic (exact) mass is 417 g/mol. The molecule has 2 aliphatic heterocycles. The molecule has 0 radical (unpaired) electrons. The van der Waals surface area contributed by atoms with E-state index in [1.54, 1.807) is 18.2 Å². The van der Waals surface area contributed by atoms with E-state index in [9.17, 15) is 9.59 Å². The predicted molar refractivity (Wildman–Crippen MR) is 111 cm³/mol. The molecule has 2 aliphatic rings. The van der Waals surface area contributed by atoms with Gasteiger partial charge in [0.2, 0.25) is 5.91 Å². The molecular formula is C18H25Cl2N3O2S. The molecule has 0 aliphatic carbocycles. The van der Waals surface area contributed by atoms with E-state index < -0.39 is 0 Å². The van der Waals surface area contributed by atoms with Crippen molar-refractivity contribution in [2.75, 3.05) is 36.5 Å². The van der Waals surface area contributed by atoms with Gasteiger partial charge in [0.25, 0.3) is 5.91 Å². The standard InChI is InChI=1S/C18H24ClN3O2S.ClH/c19-16-10-13(21-17(23)11-14-12-25-9-6-20-14)4-5-15(16)18(24)22-7-2-1-3-8-22;/h4-5,10,14,20H,1-3,6-9,11-12H2,(H,21,23);1H. The summed E-state index contributed by atoms with van der Waals surface area (Å²) >= 11 is 8.17. The van der Waals surface area contributed by atoms with Gasteiger partial charge in [-0.05, 0) is 37.5 Å². The molecule has 1 atom stereocenters. The highest BCUT2D eigenvalue weighted by Gasteiger charge is 2.21. The van der Waals surface area contributed by atoms with Gasteiger partial charge in [-0.1, -0.05) is 11.6 Å². The van der Waals surface area contributed by atoms with E-state index in [2.05, 4.69) is 10.6 Å². The van der Waals surface area contributed by atoms with Crippen LogP contribution in [0.5, 0.6) is 0 Å². The molecule has 8 heteroatoms. The molecule has 0 bridgehead atoms. The Kier molecular flexibility index (Phi) is 8.54. The zero-order chi connectivity index (χ0) is 17.6. The molecule has 144 valence electrons. The normalized spacial score (nSPS) is 20.2. The first kappa shape index (κ1) is 21.4. The summed E-state index contributed by atoms with van der Waals surface area (Å²) in [5, 5.41) is 6.62. The number of anilines is 1. The number of hydrogen-bond donors (Lipinski definition) is 2. The summed E-state index contributed by atoms with van der Waals surface area (Å²) < 4.78 is 0. The Morgan fingerprint density at radius 3 is 2.69 bits per heavy atom. The van der Waals surface area contributed by atoms with Gasteiger partial charge in [-0.25, -0.2) is 0 Å². The number of nitrogens with zero attached hydrogens (tertiary/aromatic N) is 1. The van der Waals surface area contributed by atoms with Gasteiger partial charge in [0.1, 0.15) is 0 Å². The minimum atomic E-state index is -0.0360. The van der Waals surface area contributed by atoms with Gasteiger partial charge in [-0.3, -0.25) is 9.59 Å². The number of piperidine rings is 1. The predicted octanol–water partition coefficient (Wildman–Crippen LogP) is 3.42. The molecule has 1 aromatic rings. The average Bonchev–Trinajstić information content (AvgIpc) is 2.63. The number of nitrogens with one attached hydrogen (secondary N) is 2. The number of carbonyl (C=O) groups excluding carboxylic acids is 2. The van der Waals surface area contributed by atoms with E-state index >= 15 is 0 Å². The van der Waals surface area contributed by atoms with Crippen LogP contribution >= 0.6 is 35.8 Å². The highest BCUT2D eigenvalue weighted by atomic mass is 35.5. The second kappa shape index (κ2) is 10.4. The molecule has 5 nitrogen and oxygen atoms in total. The SMILES string of the molecule is Cl.O=C(CC1CSCCN1)Nc1ccc(C(=O)N2CCCCC2)c(Cl)c1. The molecule has 0 spiro atoms. The number of benzene rings is 1. The molecule has 0 aromatic heterocycles. The number of amides is 2. The molecule has 2 saturated heterocycles. The second-order valence-electron chi connectivity index (χ2n) is 6.53. The topological polar surface area (TPSA) is 61.4 Å². The number of thioether (sulfide) groups is 1. The Bertz CT molecular complexity index is 633. The fraction of sp³-hybridized carbons (Fsp3) is 0.556. The fourth-order valence-electron chi connectivity index (χ4n) is 3.22. The molecule has 26 heavy (non-hydrogen) atoms. The van der Waals surface area contributed by atoms with Crippen molar-refractivity contribution >= 4 is 53.3 Å². The molecule has 1 unspecified atom stereocenters. The van der Waals surface area contributed by atoms with Crippen LogP contribution in [-0.4, -0.2) is 53.9 Å². The fourth-order valence-corrected chi connectivity index (χ4v) is 4.43. The van der Waals surface area contributed by atoms with Crippen molar-refractivity contribution in [1.82, 2.24) is 10.2 Å². The number of halogens is 2. The van der Waals surface area contributed by atoms with Crippen LogP contribution in [0, 0.1) is 0 Å². The lowest BCUT2D eigenvalue weighted by Gasteiger charge is -2.27. The van der Waals surface area contributed by atoms with Gasteiger partial charge in [-0.2, -0.15) is 11.8 Å². The maximum Gasteiger partial charge on any atom is 0.255 e. The lowest BCUT2D eigenvalue weighted by atomic mass is 10.1. The first-order valence-electron chi connectivity index (χ1n) is 8.83. The van der Waals surface area contributed by atoms with Gasteiger partial charge in [-0.15, -0.1) is 12.4 Å². The van der Waals surface area contributed by atoms with Gasteiger partial charge in [0, 0.05) is 49.3 Å². The van der Waals surface area contributed by atoms with Crippen LogP contribution < -0.4 is 10.6 Å². The van der Waals surface area contributed by atoms with E-state index in [1.807, 2.05) is 16.7 Å². The van der Waals surface area contributed by atoms with E-state index in [4.69, 9.17) is 11.6 Å². The number of carbonyl (C=O) groups is 2. The Morgan fingerprint density at radius 1 is 1.27 bits per heavy atom. The Hall–Kier alpha value is -0.950. The number of likely N-dealkylation sites (tertiary alicyclic amines) is 1. The summed E-state index contributed by atoms with van der Waals surface area (Å²) in [6, 6.07) is 5.35. The summed E-state index contributed by atoms with van der Waals surface area (Å²) in [7, 11) is 0. The van der Waals surface area contributed by atoms with Crippen molar-refractivity contribution in [3.8, 4) is 0 Å². The summed E-state index contributed by atoms with van der Waals surface area (Å²) in [6.07, 6.45) is 3.71. The van der Waals surface area contributed by atoms with Gasteiger partial charge < -0.3 is 15.5 Å². The molecule has 2 amide bonds. The molecule has 2 N–H and O–H groups in total. The van der Waals surface area contributed by atoms with Crippen molar-refractivity contribution in [3.63, 3.8) is 0 Å². The third-order valence-electron chi connectivity index (χ3n) is 4.56. The van der Waals surface area contributed by atoms with Crippen molar-refractivity contribution in [2.24, 2.45) is 0 Å². The van der Waals surface area contributed by atoms with Crippen LogP contribution in [0.25, 0.3) is 0 Å². The lowest BCUT2D eigenvalue weighted by Crippen LogP contribution is -2.39. The molecular weight excluding hydrogens is 393 g/mol. The van der Waals surface area contributed by atoms with E-state index in [1.165, 1.54) is 6.42 Å². The maximum atomic E-state index is 12.6. The first-order chi connectivity index (χ1) is 12.1. The van der Waals surface area contributed by atoms with Crippen LogP contribution in [0.4, 0.5) is 5.69 Å². The second-order valence-corrected chi connectivity index (χ2v) is 8.08. The minimum Gasteiger partial charge on any atom is -0.339 e. The quantitative estimate of drug-likeness (QED) is 0.787. The minimum absolute atomic E-state index is 0. The van der Waals surface area contributed by atoms with Crippen LogP contribution in [0.3, 0.4) is 0 Å². The van der Waals surface area contributed by atoms with Crippen LogP contribution in [-0.2, 0) is 4.79 Å². The van der Waals surface area contributed by atoms with Crippen molar-refractivity contribution in [1.29, 1.82) is 0 Å². The average molecular weight is 418 g/mol. The maximum absolute atomic E-state index is 12.6. The zero-order valence-electron chi connectivity index (χ0n) is 14.6. The first-order valence-corrected chi connectivity index (χ1v) is 10.4. The Morgan fingerprint density at radius 2 is 2.04 bits per heavy atom. The number of hydrogen-bond acceptors (Lipinski definition) is 4. The third-order valence-corrected chi connectivity index (χ3v) is 6.00. The highest BCUT2D eigenvalue weighted by molar-refractivity contribution is 7.99. The Balaban J connectivity index is 0.00000243. The van der Waals surface area contributed by atoms with Crippen LogP contribution in [0.1, 0.15) is 36.0 Å². The van der Waals surface area contributed by atoms with Crippen molar-refractivity contribution in [2.45, 2.75) is 31.7 Å². The molecule has 2 heterocycles. The van der Waals surface area contributed by atoms with Gasteiger partial charge in [0.15, 0.2) is 0 Å². The molecule has 1 aromatic carbocycles. The van der Waals surface area contributed by atoms with Crippen LogP contribution in [0.15, 0.2) is 18.2 Å². The van der Waals surface area contributed by atoms with E-state index in [0.29, 0.717) is 22.7 Å². The van der Waals surface area contributed by atoms with Gasteiger partial charge >= 0.3 is 0 Å². The van der Waals surface area contributed by atoms with Gasteiger partial charge in [0.05, 0.1) is 10.6 Å². The highest BCUT2D eigenvalue weighted by Crippen LogP contribution is 2.24. The summed E-state index contributed by atoms with van der Waals surface area (Å²) in [4.78, 5) is 26.6. The lowest BCUT2D eigenvalue weighted by molar-refractivity contribution is -0.116. The summed E-state index contributed by atoms with van der Waals surface area (Å²) in [5.41, 5.74) is 1.14. The van der Waals surface area contributed by atoms with Crippen LogP contribution in [0.2, 0.25) is 5.02 Å².